The van der Waals surface area contributed by atoms with Crippen LogP contribution in [0.1, 0.15) is 78.6 Å². The Morgan fingerprint density at radius 1 is 0.900 bits per heavy atom. The first-order valence-electron chi connectivity index (χ1n) is 8.74. The second-order valence-electron chi connectivity index (χ2n) is 6.24. The Bertz CT molecular complexity index is 211. The summed E-state index contributed by atoms with van der Waals surface area (Å²) in [5, 5.41) is 0. The standard InChI is InChI=1S/C5H8BrO.3C4H9.Sn/c6-4-2-1-3-5-7;3*1-3-4-2;/h4-5H,1-3H2;3*1,3-4H2,2H3;. The number of alkyl halides is 1. The minimum absolute atomic E-state index is 0.749. The van der Waals surface area contributed by atoms with Crippen molar-refractivity contribution in [2.45, 2.75) is 94.7 Å². The maximum atomic E-state index is 10.6. The number of halogens is 1. The van der Waals surface area contributed by atoms with E-state index in [4.69, 9.17) is 0 Å². The fourth-order valence-corrected chi connectivity index (χ4v) is 24.3. The van der Waals surface area contributed by atoms with Gasteiger partial charge in [-0.05, 0) is 0 Å². The van der Waals surface area contributed by atoms with Gasteiger partial charge in [0.1, 0.15) is 0 Å². The Hall–Kier alpha value is 0.949. The molecule has 0 N–H and O–H groups in total. The normalized spacial score (nSPS) is 13.4. The monoisotopic (exact) mass is 454 g/mol. The molecule has 3 heteroatoms. The average molecular weight is 454 g/mol. The zero-order chi connectivity index (χ0) is 15.3. The molecule has 0 aromatic rings. The van der Waals surface area contributed by atoms with Crippen LogP contribution >= 0.6 is 15.9 Å². The summed E-state index contributed by atoms with van der Waals surface area (Å²) in [5.74, 6) is 0. The summed E-state index contributed by atoms with van der Waals surface area (Å²) < 4.78 is 5.47. The van der Waals surface area contributed by atoms with Crippen LogP contribution in [0.15, 0.2) is 0 Å². The summed E-state index contributed by atoms with van der Waals surface area (Å²) in [7, 11) is 0. The van der Waals surface area contributed by atoms with Crippen molar-refractivity contribution in [3.63, 3.8) is 0 Å². The van der Waals surface area contributed by atoms with Crippen LogP contribution in [-0.2, 0) is 4.79 Å². The fourth-order valence-electron chi connectivity index (χ4n) is 3.12. The molecule has 0 amide bonds. The SMILES string of the molecule is CCC[CH2][Sn]([CH2]CCC)([CH2]CCC)[CH](Br)CCCC=O. The number of hydrogen-bond donors (Lipinski definition) is 0. The van der Waals surface area contributed by atoms with Crippen molar-refractivity contribution in [3.8, 4) is 0 Å². The molecule has 0 spiro atoms. The predicted molar refractivity (Wildman–Crippen MR) is 97.5 cm³/mol. The molecule has 0 heterocycles. The van der Waals surface area contributed by atoms with Crippen LogP contribution in [0.4, 0.5) is 0 Å². The molecule has 0 aliphatic heterocycles. The van der Waals surface area contributed by atoms with Gasteiger partial charge in [0.2, 0.25) is 0 Å². The van der Waals surface area contributed by atoms with Gasteiger partial charge in [0.15, 0.2) is 0 Å². The second kappa shape index (κ2) is 13.6. The molecule has 120 valence electrons. The summed E-state index contributed by atoms with van der Waals surface area (Å²) in [6, 6.07) is 0. The molecule has 0 radical (unpaired) electrons. The number of carbonyl (C=O) groups is 1. The molecular formula is C17H35BrOSn. The van der Waals surface area contributed by atoms with Crippen molar-refractivity contribution < 1.29 is 4.79 Å². The maximum absolute atomic E-state index is 10.6. The molecule has 0 aliphatic carbocycles. The van der Waals surface area contributed by atoms with Crippen LogP contribution in [-0.4, -0.2) is 27.5 Å². The van der Waals surface area contributed by atoms with Crippen LogP contribution in [0.3, 0.4) is 0 Å². The third kappa shape index (κ3) is 8.41. The van der Waals surface area contributed by atoms with Crippen molar-refractivity contribution in [1.29, 1.82) is 0 Å². The van der Waals surface area contributed by atoms with Crippen molar-refractivity contribution in [2.75, 3.05) is 0 Å². The molecule has 1 nitrogen and oxygen atoms in total. The third-order valence-electron chi connectivity index (χ3n) is 4.53. The van der Waals surface area contributed by atoms with Crippen LogP contribution in [0, 0.1) is 0 Å². The average Bonchev–Trinajstić information content (AvgIpc) is 2.47. The fraction of sp³-hybridized carbons (Fsp3) is 0.941. The van der Waals surface area contributed by atoms with E-state index in [2.05, 4.69) is 36.7 Å². The predicted octanol–water partition coefficient (Wildman–Crippen LogP) is 6.51. The number of hydrogen-bond acceptors (Lipinski definition) is 1. The molecule has 0 fully saturated rings. The zero-order valence-electron chi connectivity index (χ0n) is 13.9. The minimum atomic E-state index is -2.07. The van der Waals surface area contributed by atoms with Gasteiger partial charge < -0.3 is 0 Å². The summed E-state index contributed by atoms with van der Waals surface area (Å²) in [4.78, 5) is 10.6. The van der Waals surface area contributed by atoms with Gasteiger partial charge in [-0.1, -0.05) is 0 Å². The second-order valence-corrected chi connectivity index (χ2v) is 23.8. The Balaban J connectivity index is 4.75. The van der Waals surface area contributed by atoms with Gasteiger partial charge in [-0.25, -0.2) is 0 Å². The molecule has 1 atom stereocenters. The summed E-state index contributed by atoms with van der Waals surface area (Å²) in [6.07, 6.45) is 12.5. The van der Waals surface area contributed by atoms with E-state index in [9.17, 15) is 4.79 Å². The van der Waals surface area contributed by atoms with E-state index >= 15 is 0 Å². The first-order valence-corrected chi connectivity index (χ1v) is 17.4. The molecule has 0 saturated heterocycles. The number of unbranched alkanes of at least 4 members (excludes halogenated alkanes) is 4. The van der Waals surface area contributed by atoms with Crippen molar-refractivity contribution in [3.05, 3.63) is 0 Å². The molecule has 0 saturated carbocycles. The summed E-state index contributed by atoms with van der Waals surface area (Å²) >= 11 is 2.03. The van der Waals surface area contributed by atoms with Gasteiger partial charge in [0, 0.05) is 0 Å². The number of rotatable bonds is 14. The van der Waals surface area contributed by atoms with Gasteiger partial charge in [-0.3, -0.25) is 0 Å². The molecule has 0 rings (SSSR count). The molecule has 0 aromatic heterocycles. The van der Waals surface area contributed by atoms with Crippen LogP contribution in [0.2, 0.25) is 13.3 Å². The Kier molecular flexibility index (Phi) is 14.2. The molecule has 1 unspecified atom stereocenters. The Labute approximate surface area is 139 Å². The molecule has 0 aliphatic rings. The topological polar surface area (TPSA) is 17.1 Å². The van der Waals surface area contributed by atoms with E-state index in [0.717, 1.165) is 22.0 Å². The van der Waals surface area contributed by atoms with Crippen molar-refractivity contribution >= 4 is 40.6 Å². The first-order chi connectivity index (χ1) is 9.66. The number of carbonyl (C=O) groups excluding carboxylic acids is 1. The van der Waals surface area contributed by atoms with Crippen LogP contribution in [0.25, 0.3) is 0 Å². The van der Waals surface area contributed by atoms with Crippen LogP contribution in [0.5, 0.6) is 0 Å². The summed E-state index contributed by atoms with van der Waals surface area (Å²) in [5.41, 5.74) is 0. The Morgan fingerprint density at radius 3 is 1.70 bits per heavy atom. The molecular weight excluding hydrogens is 419 g/mol. The van der Waals surface area contributed by atoms with E-state index in [0.29, 0.717) is 0 Å². The van der Waals surface area contributed by atoms with E-state index < -0.39 is 18.4 Å². The molecule has 0 bridgehead atoms. The van der Waals surface area contributed by atoms with E-state index in [-0.39, 0.29) is 0 Å². The van der Waals surface area contributed by atoms with Gasteiger partial charge >= 0.3 is 140 Å². The quantitative estimate of drug-likeness (QED) is 0.127. The van der Waals surface area contributed by atoms with Gasteiger partial charge in [-0.15, -0.1) is 0 Å². The first kappa shape index (κ1) is 20.9. The molecule has 20 heavy (non-hydrogen) atoms. The van der Waals surface area contributed by atoms with E-state index in [1.807, 2.05) is 0 Å². The van der Waals surface area contributed by atoms with Crippen LogP contribution < -0.4 is 0 Å². The zero-order valence-corrected chi connectivity index (χ0v) is 18.4. The van der Waals surface area contributed by atoms with Crippen molar-refractivity contribution in [2.24, 2.45) is 0 Å². The number of aldehydes is 1. The van der Waals surface area contributed by atoms with E-state index in [1.165, 1.54) is 44.9 Å². The van der Waals surface area contributed by atoms with Gasteiger partial charge in [-0.2, -0.15) is 0 Å². The summed E-state index contributed by atoms with van der Waals surface area (Å²) in [6.45, 7) is 6.98. The third-order valence-corrected chi connectivity index (χ3v) is 27.7. The Morgan fingerprint density at radius 2 is 1.35 bits per heavy atom. The van der Waals surface area contributed by atoms with Gasteiger partial charge in [0.25, 0.3) is 0 Å². The van der Waals surface area contributed by atoms with Crippen molar-refractivity contribution in [1.82, 2.24) is 0 Å². The van der Waals surface area contributed by atoms with E-state index in [1.54, 1.807) is 13.3 Å². The molecule has 0 aromatic carbocycles. The van der Waals surface area contributed by atoms with Gasteiger partial charge in [0.05, 0.1) is 0 Å².